The number of carbonyl (C=O) groups excluding carboxylic acids is 1. The van der Waals surface area contributed by atoms with Crippen molar-refractivity contribution in [3.8, 4) is 0 Å². The molecule has 0 radical (unpaired) electrons. The second-order valence-electron chi connectivity index (χ2n) is 2.45. The molecule has 0 bridgehead atoms. The molecule has 0 fully saturated rings. The van der Waals surface area contributed by atoms with E-state index in [1.54, 1.807) is 7.05 Å². The Morgan fingerprint density at radius 2 is 2.50 bits per heavy atom. The van der Waals surface area contributed by atoms with E-state index in [1.165, 1.54) is 11.3 Å². The van der Waals surface area contributed by atoms with Gasteiger partial charge in [-0.3, -0.25) is 4.79 Å². The van der Waals surface area contributed by atoms with Crippen LogP contribution < -0.4 is 5.32 Å². The highest BCUT2D eigenvalue weighted by atomic mass is 32.1. The van der Waals surface area contributed by atoms with Gasteiger partial charge in [0.05, 0.1) is 15.1 Å². The molecule has 62 valence electrons. The van der Waals surface area contributed by atoms with Crippen LogP contribution >= 0.6 is 11.3 Å². The van der Waals surface area contributed by atoms with Gasteiger partial charge in [-0.1, -0.05) is 0 Å². The first-order chi connectivity index (χ1) is 5.81. The first-order valence-corrected chi connectivity index (χ1v) is 4.42. The topological polar surface area (TPSA) is 44.9 Å². The van der Waals surface area contributed by atoms with Gasteiger partial charge in [0.25, 0.3) is 5.91 Å². The van der Waals surface area contributed by atoms with Gasteiger partial charge in [-0.15, -0.1) is 11.3 Å². The summed E-state index contributed by atoms with van der Waals surface area (Å²) in [7, 11) is 1.64. The van der Waals surface area contributed by atoms with Crippen LogP contribution in [0.5, 0.6) is 0 Å². The second-order valence-corrected chi connectivity index (χ2v) is 3.53. The number of amides is 1. The molecule has 2 heterocycles. The summed E-state index contributed by atoms with van der Waals surface area (Å²) in [6.45, 7) is 0. The van der Waals surface area contributed by atoms with E-state index >= 15 is 0 Å². The maximum Gasteiger partial charge on any atom is 0.261 e. The molecule has 2 rings (SSSR count). The lowest BCUT2D eigenvalue weighted by molar-refractivity contribution is 0.0967. The van der Waals surface area contributed by atoms with Crippen molar-refractivity contribution < 1.29 is 4.79 Å². The van der Waals surface area contributed by atoms with E-state index in [2.05, 4.69) is 10.3 Å². The van der Waals surface area contributed by atoms with Gasteiger partial charge in [-0.2, -0.15) is 0 Å². The van der Waals surface area contributed by atoms with Crippen molar-refractivity contribution in [3.63, 3.8) is 0 Å². The van der Waals surface area contributed by atoms with E-state index in [1.807, 2.05) is 18.3 Å². The zero-order valence-corrected chi connectivity index (χ0v) is 7.37. The number of carbonyl (C=O) groups is 1. The molecule has 0 aliphatic rings. The maximum atomic E-state index is 11.2. The Morgan fingerprint density at radius 3 is 3.17 bits per heavy atom. The summed E-state index contributed by atoms with van der Waals surface area (Å²) >= 11 is 1.49. The number of thiophene rings is 1. The van der Waals surface area contributed by atoms with Crippen LogP contribution in [0.3, 0.4) is 0 Å². The largest absolute Gasteiger partial charge is 0.360 e. The normalized spacial score (nSPS) is 10.4. The number of nitrogens with one attached hydrogen (secondary N) is 2. The summed E-state index contributed by atoms with van der Waals surface area (Å²) in [4.78, 5) is 15.0. The molecule has 2 aromatic heterocycles. The van der Waals surface area contributed by atoms with E-state index in [9.17, 15) is 4.79 Å². The molecule has 12 heavy (non-hydrogen) atoms. The fraction of sp³-hybridized carbons (Fsp3) is 0.125. The molecule has 0 unspecified atom stereocenters. The van der Waals surface area contributed by atoms with Gasteiger partial charge in [0, 0.05) is 13.2 Å². The third kappa shape index (κ3) is 1.00. The molecule has 0 saturated carbocycles. The number of fused-ring (bicyclic) bond motifs is 1. The summed E-state index contributed by atoms with van der Waals surface area (Å²) in [5.74, 6) is -0.0235. The minimum absolute atomic E-state index is 0.0235. The quantitative estimate of drug-likeness (QED) is 0.687. The fourth-order valence-electron chi connectivity index (χ4n) is 1.08. The number of aromatic nitrogens is 1. The molecule has 0 saturated heterocycles. The van der Waals surface area contributed by atoms with Gasteiger partial charge in [-0.25, -0.2) is 0 Å². The molecule has 0 aliphatic carbocycles. The summed E-state index contributed by atoms with van der Waals surface area (Å²) in [6, 6.07) is 3.82. The van der Waals surface area contributed by atoms with Crippen LogP contribution in [0.1, 0.15) is 9.67 Å². The van der Waals surface area contributed by atoms with Crippen LogP contribution in [-0.2, 0) is 0 Å². The molecule has 0 aromatic carbocycles. The number of hydrogen-bond donors (Lipinski definition) is 2. The van der Waals surface area contributed by atoms with Gasteiger partial charge in [0.2, 0.25) is 0 Å². The number of aromatic amines is 1. The molecule has 2 aromatic rings. The van der Waals surface area contributed by atoms with Crippen LogP contribution in [0.15, 0.2) is 18.3 Å². The lowest BCUT2D eigenvalue weighted by Crippen LogP contribution is -2.15. The number of hydrogen-bond acceptors (Lipinski definition) is 2. The third-order valence-electron chi connectivity index (χ3n) is 1.69. The zero-order chi connectivity index (χ0) is 8.55. The smallest absolute Gasteiger partial charge is 0.261 e. The monoisotopic (exact) mass is 180 g/mol. The first kappa shape index (κ1) is 7.36. The Balaban J connectivity index is 2.51. The van der Waals surface area contributed by atoms with Crippen LogP contribution in [0.4, 0.5) is 0 Å². The van der Waals surface area contributed by atoms with E-state index < -0.39 is 0 Å². The minimum atomic E-state index is -0.0235. The van der Waals surface area contributed by atoms with E-state index in [0.29, 0.717) is 0 Å². The van der Waals surface area contributed by atoms with Crippen molar-refractivity contribution >= 4 is 27.5 Å². The van der Waals surface area contributed by atoms with Crippen molar-refractivity contribution in [2.45, 2.75) is 0 Å². The Hall–Kier alpha value is -1.29. The minimum Gasteiger partial charge on any atom is -0.360 e. The van der Waals surface area contributed by atoms with Gasteiger partial charge >= 0.3 is 0 Å². The van der Waals surface area contributed by atoms with E-state index in [0.717, 1.165) is 15.1 Å². The molecule has 1 amide bonds. The maximum absolute atomic E-state index is 11.2. The third-order valence-corrected chi connectivity index (χ3v) is 2.78. The number of rotatable bonds is 1. The van der Waals surface area contributed by atoms with Gasteiger partial charge in [0.1, 0.15) is 0 Å². The average Bonchev–Trinajstić information content (AvgIpc) is 2.60. The summed E-state index contributed by atoms with van der Waals surface area (Å²) in [6.07, 6.45) is 1.87. The van der Waals surface area contributed by atoms with Gasteiger partial charge in [-0.05, 0) is 12.1 Å². The Labute approximate surface area is 73.4 Å². The molecular formula is C8H8N2OS. The summed E-state index contributed by atoms with van der Waals surface area (Å²) in [5.41, 5.74) is 1.03. The van der Waals surface area contributed by atoms with Crippen molar-refractivity contribution in [3.05, 3.63) is 23.2 Å². The average molecular weight is 180 g/mol. The van der Waals surface area contributed by atoms with Gasteiger partial charge in [0.15, 0.2) is 0 Å². The standard InChI is InChI=1S/C8H8N2OS/c1-9-8(11)7-4-5-6(12-7)2-3-10-5/h2-4,10H,1H3,(H,9,11). The zero-order valence-electron chi connectivity index (χ0n) is 6.55. The SMILES string of the molecule is CNC(=O)c1cc2[nH]ccc2s1. The highest BCUT2D eigenvalue weighted by Crippen LogP contribution is 2.23. The van der Waals surface area contributed by atoms with Crippen LogP contribution in [0.25, 0.3) is 10.2 Å². The summed E-state index contributed by atoms with van der Waals surface area (Å²) in [5, 5.41) is 2.59. The predicted molar refractivity (Wildman–Crippen MR) is 49.6 cm³/mol. The molecule has 3 nitrogen and oxygen atoms in total. The highest BCUT2D eigenvalue weighted by molar-refractivity contribution is 7.20. The lowest BCUT2D eigenvalue weighted by atomic mass is 10.4. The Kier molecular flexibility index (Phi) is 1.62. The van der Waals surface area contributed by atoms with E-state index in [4.69, 9.17) is 0 Å². The van der Waals surface area contributed by atoms with Gasteiger partial charge < -0.3 is 10.3 Å². The lowest BCUT2D eigenvalue weighted by Gasteiger charge is -1.91. The molecule has 0 spiro atoms. The number of H-pyrrole nitrogens is 1. The fourth-order valence-corrected chi connectivity index (χ4v) is 2.06. The second kappa shape index (κ2) is 2.64. The molecule has 2 N–H and O–H groups in total. The van der Waals surface area contributed by atoms with E-state index in [-0.39, 0.29) is 5.91 Å². The summed E-state index contributed by atoms with van der Waals surface area (Å²) < 4.78 is 1.12. The van der Waals surface area contributed by atoms with Crippen LogP contribution in [0, 0.1) is 0 Å². The van der Waals surface area contributed by atoms with Crippen molar-refractivity contribution in [2.75, 3.05) is 7.05 Å². The highest BCUT2D eigenvalue weighted by Gasteiger charge is 2.07. The Morgan fingerprint density at radius 1 is 1.67 bits per heavy atom. The first-order valence-electron chi connectivity index (χ1n) is 3.60. The molecule has 0 atom stereocenters. The van der Waals surface area contributed by atoms with Crippen molar-refractivity contribution in [1.82, 2.24) is 10.3 Å². The molecular weight excluding hydrogens is 172 g/mol. The Bertz CT molecular complexity index is 387. The van der Waals surface area contributed by atoms with Crippen molar-refractivity contribution in [2.24, 2.45) is 0 Å². The van der Waals surface area contributed by atoms with Crippen LogP contribution in [0.2, 0.25) is 0 Å². The van der Waals surface area contributed by atoms with Crippen molar-refractivity contribution in [1.29, 1.82) is 0 Å². The van der Waals surface area contributed by atoms with Crippen LogP contribution in [-0.4, -0.2) is 17.9 Å². The molecule has 0 aliphatic heterocycles. The molecule has 4 heteroatoms. The predicted octanol–water partition coefficient (Wildman–Crippen LogP) is 1.59.